The first kappa shape index (κ1) is 21.1. The summed E-state index contributed by atoms with van der Waals surface area (Å²) in [6.45, 7) is 2.15. The first-order chi connectivity index (χ1) is 17.8. The zero-order valence-electron chi connectivity index (χ0n) is 19.5. The number of hydrogen-bond acceptors (Lipinski definition) is 5. The molecule has 2 aromatic heterocycles. The van der Waals surface area contributed by atoms with Crippen molar-refractivity contribution in [1.82, 2.24) is 25.2 Å². The van der Waals surface area contributed by atoms with Crippen molar-refractivity contribution in [3.63, 3.8) is 0 Å². The number of halogens is 1. The monoisotopic (exact) mass is 478 g/mol. The predicted octanol–water partition coefficient (Wildman–Crippen LogP) is 5.44. The molecule has 2 aliphatic heterocycles. The summed E-state index contributed by atoms with van der Waals surface area (Å²) in [5, 5.41) is 15.6. The lowest BCUT2D eigenvalue weighted by atomic mass is 9.89. The molecule has 8 heteroatoms. The third-order valence-corrected chi connectivity index (χ3v) is 7.23. The van der Waals surface area contributed by atoms with Crippen LogP contribution in [-0.2, 0) is 11.3 Å². The van der Waals surface area contributed by atoms with Crippen LogP contribution >= 0.6 is 0 Å². The van der Waals surface area contributed by atoms with E-state index in [1.54, 1.807) is 0 Å². The Hall–Kier alpha value is -4.17. The number of hydrogen-bond donors (Lipinski definition) is 1. The average molecular weight is 479 g/mol. The van der Waals surface area contributed by atoms with Crippen molar-refractivity contribution < 1.29 is 9.13 Å². The van der Waals surface area contributed by atoms with Gasteiger partial charge >= 0.3 is 0 Å². The summed E-state index contributed by atoms with van der Waals surface area (Å²) in [6, 6.07) is 19.6. The number of aromatic amines is 1. The molecule has 5 aromatic rings. The fourth-order valence-electron chi connectivity index (χ4n) is 5.51. The van der Waals surface area contributed by atoms with Crippen molar-refractivity contribution in [2.45, 2.75) is 25.3 Å². The largest absolute Gasteiger partial charge is 0.381 e. The van der Waals surface area contributed by atoms with Gasteiger partial charge in [0.05, 0.1) is 12.1 Å². The highest BCUT2D eigenvalue weighted by Crippen LogP contribution is 2.44. The molecule has 1 fully saturated rings. The topological polar surface area (TPSA) is 81.0 Å². The van der Waals surface area contributed by atoms with Gasteiger partial charge in [-0.1, -0.05) is 24.3 Å². The molecule has 36 heavy (non-hydrogen) atoms. The van der Waals surface area contributed by atoms with E-state index in [1.807, 2.05) is 30.5 Å². The lowest BCUT2D eigenvalue weighted by molar-refractivity contribution is 0.0844. The summed E-state index contributed by atoms with van der Waals surface area (Å²) < 4.78 is 22.0. The molecule has 0 radical (unpaired) electrons. The van der Waals surface area contributed by atoms with Crippen LogP contribution in [0.1, 0.15) is 35.6 Å². The molecule has 0 amide bonds. The Kier molecular flexibility index (Phi) is 4.99. The number of ether oxygens (including phenoxy) is 1. The zero-order chi connectivity index (χ0) is 24.1. The van der Waals surface area contributed by atoms with Crippen molar-refractivity contribution in [2.24, 2.45) is 4.99 Å². The fraction of sp³-hybridized carbons (Fsp3) is 0.214. The van der Waals surface area contributed by atoms with Gasteiger partial charge in [0.1, 0.15) is 5.82 Å². The summed E-state index contributed by atoms with van der Waals surface area (Å²) in [7, 11) is 0. The minimum atomic E-state index is -0.242. The van der Waals surface area contributed by atoms with Gasteiger partial charge in [0.25, 0.3) is 0 Å². The van der Waals surface area contributed by atoms with Gasteiger partial charge in [-0.05, 0) is 71.1 Å². The summed E-state index contributed by atoms with van der Waals surface area (Å²) in [6.07, 6.45) is 3.82. The Bertz CT molecular complexity index is 1580. The Morgan fingerprint density at radius 1 is 0.944 bits per heavy atom. The van der Waals surface area contributed by atoms with E-state index in [0.29, 0.717) is 18.3 Å². The highest BCUT2D eigenvalue weighted by atomic mass is 19.1. The van der Waals surface area contributed by atoms with E-state index in [-0.39, 0.29) is 5.82 Å². The third-order valence-electron chi connectivity index (χ3n) is 7.23. The summed E-state index contributed by atoms with van der Waals surface area (Å²) in [4.78, 5) is 4.50. The average Bonchev–Trinajstić information content (AvgIpc) is 3.68. The maximum atomic E-state index is 13.9. The van der Waals surface area contributed by atoms with Crippen LogP contribution in [0.4, 0.5) is 4.39 Å². The highest BCUT2D eigenvalue weighted by Gasteiger charge is 2.29. The Balaban J connectivity index is 1.52. The van der Waals surface area contributed by atoms with Crippen molar-refractivity contribution >= 4 is 17.1 Å². The molecule has 2 aliphatic rings. The molecule has 1 N–H and O–H groups in total. The first-order valence-electron chi connectivity index (χ1n) is 12.2. The molecular formula is C28H23FN6O. The highest BCUT2D eigenvalue weighted by molar-refractivity contribution is 6.03. The predicted molar refractivity (Wildman–Crippen MR) is 136 cm³/mol. The number of tetrazole rings is 1. The molecule has 0 aliphatic carbocycles. The first-order valence-corrected chi connectivity index (χ1v) is 12.2. The standard InChI is InChI=1S/C28H23FN6O/c29-22-5-7-23(8-6-22)35-25-14-21-16-30-15-20(21)13-24(25)26(27(35)18-9-11-36-12-10-18)17-1-3-19(4-2-17)28-31-33-34-32-28/h1-8,13-14,16,18H,9-12,15H2,(H,31,32,33,34). The molecule has 0 saturated carbocycles. The van der Waals surface area contributed by atoms with Crippen LogP contribution in [0.15, 0.2) is 65.7 Å². The summed E-state index contributed by atoms with van der Waals surface area (Å²) in [5.41, 5.74) is 8.89. The molecule has 1 saturated heterocycles. The number of nitrogens with one attached hydrogen (secondary N) is 1. The molecule has 7 rings (SSSR count). The number of rotatable bonds is 4. The molecule has 178 valence electrons. The van der Waals surface area contributed by atoms with E-state index in [2.05, 4.69) is 54.4 Å². The number of H-pyrrole nitrogens is 1. The third kappa shape index (κ3) is 3.45. The van der Waals surface area contributed by atoms with E-state index >= 15 is 0 Å². The van der Waals surface area contributed by atoms with Crippen molar-refractivity contribution in [1.29, 1.82) is 0 Å². The van der Waals surface area contributed by atoms with E-state index < -0.39 is 0 Å². The molecule has 0 spiro atoms. The Labute approximate surface area is 206 Å². The second-order valence-electron chi connectivity index (χ2n) is 9.31. The SMILES string of the molecule is Fc1ccc(-n2c(C3CCOCC3)c(-c3ccc(-c4nn[nH]n4)cc3)c3cc4c(cc32)C=NC4)cc1. The maximum Gasteiger partial charge on any atom is 0.204 e. The molecule has 0 atom stereocenters. The molecule has 4 heterocycles. The summed E-state index contributed by atoms with van der Waals surface area (Å²) >= 11 is 0. The van der Waals surface area contributed by atoms with Gasteiger partial charge in [0.2, 0.25) is 5.82 Å². The second kappa shape index (κ2) is 8.49. The molecule has 7 nitrogen and oxygen atoms in total. The number of nitrogens with zero attached hydrogens (tertiary/aromatic N) is 5. The van der Waals surface area contributed by atoms with Crippen LogP contribution in [0.25, 0.3) is 39.1 Å². The molecular weight excluding hydrogens is 455 g/mol. The van der Waals surface area contributed by atoms with Crippen LogP contribution in [0.3, 0.4) is 0 Å². The van der Waals surface area contributed by atoms with Crippen molar-refractivity contribution in [2.75, 3.05) is 13.2 Å². The quantitative estimate of drug-likeness (QED) is 0.373. The minimum Gasteiger partial charge on any atom is -0.381 e. The second-order valence-corrected chi connectivity index (χ2v) is 9.31. The van der Waals surface area contributed by atoms with Crippen LogP contribution in [0.5, 0.6) is 0 Å². The van der Waals surface area contributed by atoms with E-state index in [9.17, 15) is 4.39 Å². The van der Waals surface area contributed by atoms with Crippen LogP contribution in [-0.4, -0.2) is 44.6 Å². The zero-order valence-corrected chi connectivity index (χ0v) is 19.5. The Morgan fingerprint density at radius 3 is 2.47 bits per heavy atom. The van der Waals surface area contributed by atoms with Crippen LogP contribution in [0.2, 0.25) is 0 Å². The number of benzene rings is 3. The molecule has 0 unspecified atom stereocenters. The van der Waals surface area contributed by atoms with Gasteiger partial charge in [-0.15, -0.1) is 10.2 Å². The molecule has 3 aromatic carbocycles. The number of aliphatic imine (C=N–C) groups is 1. The lowest BCUT2D eigenvalue weighted by Crippen LogP contribution is -2.17. The van der Waals surface area contributed by atoms with Gasteiger partial charge in [0.15, 0.2) is 0 Å². The summed E-state index contributed by atoms with van der Waals surface area (Å²) in [5.74, 6) is 0.634. The van der Waals surface area contributed by atoms with Gasteiger partial charge in [-0.25, -0.2) is 4.39 Å². The van der Waals surface area contributed by atoms with Crippen molar-refractivity contribution in [3.05, 3.63) is 83.3 Å². The van der Waals surface area contributed by atoms with E-state index in [4.69, 9.17) is 4.74 Å². The van der Waals surface area contributed by atoms with Gasteiger partial charge in [-0.3, -0.25) is 4.99 Å². The minimum absolute atomic E-state index is 0.242. The molecule has 0 bridgehead atoms. The lowest BCUT2D eigenvalue weighted by Gasteiger charge is -2.26. The number of fused-ring (bicyclic) bond motifs is 2. The van der Waals surface area contributed by atoms with Crippen LogP contribution in [0, 0.1) is 5.82 Å². The number of aromatic nitrogens is 5. The Morgan fingerprint density at radius 2 is 1.72 bits per heavy atom. The van der Waals surface area contributed by atoms with Crippen LogP contribution < -0.4 is 0 Å². The maximum absolute atomic E-state index is 13.9. The van der Waals surface area contributed by atoms with E-state index in [1.165, 1.54) is 34.3 Å². The van der Waals surface area contributed by atoms with Gasteiger partial charge in [0, 0.05) is 53.2 Å². The van der Waals surface area contributed by atoms with Crippen molar-refractivity contribution in [3.8, 4) is 28.2 Å². The fourth-order valence-corrected chi connectivity index (χ4v) is 5.51. The normalized spacial score (nSPS) is 15.6. The van der Waals surface area contributed by atoms with Gasteiger partial charge in [-0.2, -0.15) is 5.21 Å². The smallest absolute Gasteiger partial charge is 0.204 e. The van der Waals surface area contributed by atoms with Gasteiger partial charge < -0.3 is 9.30 Å². The van der Waals surface area contributed by atoms with E-state index in [0.717, 1.165) is 53.9 Å².